The molecule has 0 saturated carbocycles. The Morgan fingerprint density at radius 3 is 2.28 bits per heavy atom. The second-order valence-electron chi connectivity index (χ2n) is 6.47. The van der Waals surface area contributed by atoms with Crippen molar-refractivity contribution in [1.82, 2.24) is 15.5 Å². The van der Waals surface area contributed by atoms with Crippen molar-refractivity contribution in [3.05, 3.63) is 65.2 Å². The van der Waals surface area contributed by atoms with Crippen molar-refractivity contribution < 1.29 is 14.3 Å². The van der Waals surface area contributed by atoms with E-state index >= 15 is 0 Å². The summed E-state index contributed by atoms with van der Waals surface area (Å²) in [6.07, 6.45) is 0. The minimum Gasteiger partial charge on any atom is -0.494 e. The SMILES string of the molecule is CCNC(=NCc1ccccc1OCC)NCCN1C(=O)c2ccccc2C1=O. The minimum atomic E-state index is -0.250. The third-order valence-electron chi connectivity index (χ3n) is 4.53. The van der Waals surface area contributed by atoms with Gasteiger partial charge in [-0.15, -0.1) is 0 Å². The fraction of sp³-hybridized carbons (Fsp3) is 0.318. The quantitative estimate of drug-likeness (QED) is 0.408. The number of imide groups is 1. The molecule has 0 radical (unpaired) electrons. The molecule has 0 saturated heterocycles. The maximum absolute atomic E-state index is 12.4. The fourth-order valence-electron chi connectivity index (χ4n) is 3.17. The number of ether oxygens (including phenoxy) is 1. The van der Waals surface area contributed by atoms with Crippen LogP contribution in [-0.4, -0.2) is 48.9 Å². The Hall–Kier alpha value is -3.35. The molecule has 0 aliphatic carbocycles. The molecular formula is C22H26N4O3. The summed E-state index contributed by atoms with van der Waals surface area (Å²) in [6, 6.07) is 14.7. The number of carbonyl (C=O) groups is 2. The van der Waals surface area contributed by atoms with Crippen molar-refractivity contribution in [1.29, 1.82) is 0 Å². The summed E-state index contributed by atoms with van der Waals surface area (Å²) in [5, 5.41) is 6.37. The van der Waals surface area contributed by atoms with E-state index in [9.17, 15) is 9.59 Å². The van der Waals surface area contributed by atoms with Gasteiger partial charge in [0.2, 0.25) is 0 Å². The Morgan fingerprint density at radius 2 is 1.62 bits per heavy atom. The molecule has 0 spiro atoms. The summed E-state index contributed by atoms with van der Waals surface area (Å²) in [5.74, 6) is 0.941. The lowest BCUT2D eigenvalue weighted by molar-refractivity contribution is 0.0657. The van der Waals surface area contributed by atoms with Crippen molar-refractivity contribution in [2.75, 3.05) is 26.2 Å². The number of fused-ring (bicyclic) bond motifs is 1. The van der Waals surface area contributed by atoms with Crippen LogP contribution in [0.2, 0.25) is 0 Å². The van der Waals surface area contributed by atoms with Crippen LogP contribution >= 0.6 is 0 Å². The number of rotatable bonds is 8. The van der Waals surface area contributed by atoms with E-state index in [1.54, 1.807) is 24.3 Å². The number of amides is 2. The molecule has 2 amide bonds. The first-order valence-corrected chi connectivity index (χ1v) is 9.83. The van der Waals surface area contributed by atoms with Crippen molar-refractivity contribution in [3.63, 3.8) is 0 Å². The normalized spacial score (nSPS) is 13.4. The number of guanidine groups is 1. The van der Waals surface area contributed by atoms with Gasteiger partial charge in [0.05, 0.1) is 24.3 Å². The fourth-order valence-corrected chi connectivity index (χ4v) is 3.17. The van der Waals surface area contributed by atoms with E-state index in [-0.39, 0.29) is 18.4 Å². The van der Waals surface area contributed by atoms with E-state index in [1.165, 1.54) is 4.90 Å². The lowest BCUT2D eigenvalue weighted by Gasteiger charge is -2.16. The summed E-state index contributed by atoms with van der Waals surface area (Å²) < 4.78 is 5.64. The molecule has 2 aromatic rings. The molecular weight excluding hydrogens is 368 g/mol. The van der Waals surface area contributed by atoms with Gasteiger partial charge in [0.25, 0.3) is 11.8 Å². The summed E-state index contributed by atoms with van der Waals surface area (Å²) in [7, 11) is 0. The van der Waals surface area contributed by atoms with Crippen molar-refractivity contribution in [3.8, 4) is 5.75 Å². The Labute approximate surface area is 170 Å². The van der Waals surface area contributed by atoms with Gasteiger partial charge >= 0.3 is 0 Å². The van der Waals surface area contributed by atoms with Gasteiger partial charge in [-0.1, -0.05) is 30.3 Å². The standard InChI is InChI=1S/C22H26N4O3/c1-3-23-22(25-15-16-9-5-8-12-19(16)29-4-2)24-13-14-26-20(27)17-10-6-7-11-18(17)21(26)28/h5-12H,3-4,13-15H2,1-2H3,(H2,23,24,25). The predicted molar refractivity (Wildman–Crippen MR) is 112 cm³/mol. The number of hydrogen-bond donors (Lipinski definition) is 2. The molecule has 0 aromatic heterocycles. The van der Waals surface area contributed by atoms with E-state index in [2.05, 4.69) is 15.6 Å². The topological polar surface area (TPSA) is 83.0 Å². The van der Waals surface area contributed by atoms with Crippen LogP contribution in [0.15, 0.2) is 53.5 Å². The molecule has 0 unspecified atom stereocenters. The first-order valence-electron chi connectivity index (χ1n) is 9.83. The van der Waals surface area contributed by atoms with Crippen LogP contribution in [0, 0.1) is 0 Å². The second kappa shape index (κ2) is 9.73. The summed E-state index contributed by atoms with van der Waals surface area (Å²) >= 11 is 0. The van der Waals surface area contributed by atoms with E-state index in [0.717, 1.165) is 11.3 Å². The molecule has 2 aromatic carbocycles. The largest absolute Gasteiger partial charge is 0.494 e. The van der Waals surface area contributed by atoms with E-state index in [0.29, 0.717) is 43.3 Å². The zero-order valence-electron chi connectivity index (χ0n) is 16.8. The average molecular weight is 394 g/mol. The van der Waals surface area contributed by atoms with Gasteiger partial charge in [0.1, 0.15) is 5.75 Å². The molecule has 0 atom stereocenters. The number of hydrogen-bond acceptors (Lipinski definition) is 4. The molecule has 1 aliphatic heterocycles. The first kappa shape index (κ1) is 20.4. The Morgan fingerprint density at radius 1 is 0.966 bits per heavy atom. The molecule has 2 N–H and O–H groups in total. The van der Waals surface area contributed by atoms with Crippen LogP contribution in [0.25, 0.3) is 0 Å². The van der Waals surface area contributed by atoms with Gasteiger partial charge in [-0.25, -0.2) is 4.99 Å². The predicted octanol–water partition coefficient (Wildman–Crippen LogP) is 2.44. The first-order chi connectivity index (χ1) is 14.2. The average Bonchev–Trinajstić information content (AvgIpc) is 2.98. The Kier molecular flexibility index (Phi) is 6.84. The van der Waals surface area contributed by atoms with E-state index < -0.39 is 0 Å². The highest BCUT2D eigenvalue weighted by Crippen LogP contribution is 2.22. The number of nitrogens with zero attached hydrogens (tertiary/aromatic N) is 2. The summed E-state index contributed by atoms with van der Waals surface area (Å²) in [6.45, 7) is 6.36. The third-order valence-corrected chi connectivity index (χ3v) is 4.53. The zero-order chi connectivity index (χ0) is 20.6. The molecule has 152 valence electrons. The monoisotopic (exact) mass is 394 g/mol. The van der Waals surface area contributed by atoms with Crippen molar-refractivity contribution in [2.24, 2.45) is 4.99 Å². The molecule has 1 heterocycles. The maximum Gasteiger partial charge on any atom is 0.261 e. The van der Waals surface area contributed by atoms with Gasteiger partial charge in [-0.3, -0.25) is 14.5 Å². The highest BCUT2D eigenvalue weighted by Gasteiger charge is 2.34. The molecule has 0 fully saturated rings. The number of aliphatic imine (C=N–C) groups is 1. The molecule has 29 heavy (non-hydrogen) atoms. The smallest absolute Gasteiger partial charge is 0.261 e. The van der Waals surface area contributed by atoms with Gasteiger partial charge in [-0.05, 0) is 32.0 Å². The summed E-state index contributed by atoms with van der Waals surface area (Å²) in [5.41, 5.74) is 1.92. The van der Waals surface area contributed by atoms with Crippen LogP contribution < -0.4 is 15.4 Å². The van der Waals surface area contributed by atoms with Crippen LogP contribution in [-0.2, 0) is 6.54 Å². The lowest BCUT2D eigenvalue weighted by atomic mass is 10.1. The van der Waals surface area contributed by atoms with Crippen LogP contribution in [0.4, 0.5) is 0 Å². The molecule has 0 bridgehead atoms. The second-order valence-corrected chi connectivity index (χ2v) is 6.47. The van der Waals surface area contributed by atoms with E-state index in [4.69, 9.17) is 4.74 Å². The maximum atomic E-state index is 12.4. The van der Waals surface area contributed by atoms with Gasteiger partial charge in [0, 0.05) is 25.2 Å². The minimum absolute atomic E-state index is 0.250. The van der Waals surface area contributed by atoms with Crippen molar-refractivity contribution >= 4 is 17.8 Å². The zero-order valence-corrected chi connectivity index (χ0v) is 16.8. The number of para-hydroxylation sites is 1. The van der Waals surface area contributed by atoms with Gasteiger partial charge in [-0.2, -0.15) is 0 Å². The Bertz CT molecular complexity index is 875. The van der Waals surface area contributed by atoms with Gasteiger partial charge < -0.3 is 15.4 Å². The molecule has 3 rings (SSSR count). The van der Waals surface area contributed by atoms with Crippen LogP contribution in [0.3, 0.4) is 0 Å². The number of carbonyl (C=O) groups excluding carboxylic acids is 2. The molecule has 7 heteroatoms. The van der Waals surface area contributed by atoms with Crippen LogP contribution in [0.1, 0.15) is 40.1 Å². The number of nitrogens with one attached hydrogen (secondary N) is 2. The highest BCUT2D eigenvalue weighted by atomic mass is 16.5. The van der Waals surface area contributed by atoms with Crippen molar-refractivity contribution in [2.45, 2.75) is 20.4 Å². The lowest BCUT2D eigenvalue weighted by Crippen LogP contribution is -2.43. The van der Waals surface area contributed by atoms with E-state index in [1.807, 2.05) is 38.1 Å². The highest BCUT2D eigenvalue weighted by molar-refractivity contribution is 6.21. The number of benzene rings is 2. The van der Waals surface area contributed by atoms with Crippen LogP contribution in [0.5, 0.6) is 5.75 Å². The third kappa shape index (κ3) is 4.74. The molecule has 1 aliphatic rings. The molecule has 7 nitrogen and oxygen atoms in total. The van der Waals surface area contributed by atoms with Gasteiger partial charge in [0.15, 0.2) is 5.96 Å². The summed E-state index contributed by atoms with van der Waals surface area (Å²) in [4.78, 5) is 30.7. The Balaban J connectivity index is 1.60.